The molecule has 0 saturated carbocycles. The molecule has 0 bridgehead atoms. The first kappa shape index (κ1) is 14.9. The SMILES string of the molecule is CCC(C)(C)CC(S(C)(=O)=O)S(C)(=O)=O. The minimum atomic E-state index is -3.55. The van der Waals surface area contributed by atoms with E-state index in [1.54, 1.807) is 0 Å². The molecule has 0 unspecified atom stereocenters. The van der Waals surface area contributed by atoms with Crippen LogP contribution < -0.4 is 0 Å². The topological polar surface area (TPSA) is 68.3 Å². The minimum absolute atomic E-state index is 0.154. The van der Waals surface area contributed by atoms with Crippen molar-refractivity contribution in [1.82, 2.24) is 0 Å². The van der Waals surface area contributed by atoms with E-state index in [1.807, 2.05) is 20.8 Å². The van der Waals surface area contributed by atoms with Crippen LogP contribution in [-0.2, 0) is 19.7 Å². The van der Waals surface area contributed by atoms with Gasteiger partial charge in [0.15, 0.2) is 24.3 Å². The number of sulfone groups is 2. The van der Waals surface area contributed by atoms with Crippen molar-refractivity contribution in [3.05, 3.63) is 0 Å². The van der Waals surface area contributed by atoms with Gasteiger partial charge in [0.05, 0.1) is 0 Å². The van der Waals surface area contributed by atoms with E-state index in [0.717, 1.165) is 18.9 Å². The lowest BCUT2D eigenvalue weighted by molar-refractivity contribution is 0.329. The van der Waals surface area contributed by atoms with Crippen LogP contribution in [-0.4, -0.2) is 33.9 Å². The Balaban J connectivity index is 5.21. The first-order valence-corrected chi connectivity index (χ1v) is 8.69. The van der Waals surface area contributed by atoms with Crippen LogP contribution in [0.4, 0.5) is 0 Å². The highest BCUT2D eigenvalue weighted by Crippen LogP contribution is 2.30. The Morgan fingerprint density at radius 3 is 1.53 bits per heavy atom. The lowest BCUT2D eigenvalue weighted by Gasteiger charge is -2.26. The van der Waals surface area contributed by atoms with Crippen LogP contribution >= 0.6 is 0 Å². The van der Waals surface area contributed by atoms with Gasteiger partial charge in [-0.1, -0.05) is 27.2 Å². The zero-order valence-corrected chi connectivity index (χ0v) is 11.6. The molecule has 4 nitrogen and oxygen atoms in total. The summed E-state index contributed by atoms with van der Waals surface area (Å²) in [6.07, 6.45) is 2.85. The van der Waals surface area contributed by atoms with Gasteiger partial charge in [0, 0.05) is 12.5 Å². The maximum absolute atomic E-state index is 11.4. The monoisotopic (exact) mass is 256 g/mol. The first-order valence-electron chi connectivity index (χ1n) is 4.78. The van der Waals surface area contributed by atoms with E-state index in [9.17, 15) is 16.8 Å². The molecule has 6 heteroatoms. The molecule has 0 heterocycles. The molecule has 0 aromatic rings. The van der Waals surface area contributed by atoms with Gasteiger partial charge in [-0.05, 0) is 11.8 Å². The Labute approximate surface area is 92.9 Å². The predicted octanol–water partition coefficient (Wildman–Crippen LogP) is 1.23. The number of hydrogen-bond acceptors (Lipinski definition) is 4. The summed E-state index contributed by atoms with van der Waals surface area (Å²) in [5.74, 6) is 0. The quantitative estimate of drug-likeness (QED) is 0.742. The summed E-state index contributed by atoms with van der Waals surface area (Å²) < 4.78 is 44.3. The number of hydrogen-bond donors (Lipinski definition) is 0. The summed E-state index contributed by atoms with van der Waals surface area (Å²) in [6.45, 7) is 5.66. The molecule has 0 spiro atoms. The highest BCUT2D eigenvalue weighted by molar-refractivity contribution is 8.08. The Morgan fingerprint density at radius 2 is 1.33 bits per heavy atom. The van der Waals surface area contributed by atoms with Crippen LogP contribution in [0.15, 0.2) is 0 Å². The molecular weight excluding hydrogens is 236 g/mol. The minimum Gasteiger partial charge on any atom is -0.228 e. The molecule has 0 aliphatic carbocycles. The molecule has 0 aliphatic rings. The molecule has 0 aromatic carbocycles. The zero-order chi connectivity index (χ0) is 12.5. The maximum Gasteiger partial charge on any atom is 0.164 e. The second kappa shape index (κ2) is 4.41. The summed E-state index contributed by atoms with van der Waals surface area (Å²) in [4.78, 5) is 0. The lowest BCUT2D eigenvalue weighted by Crippen LogP contribution is -2.33. The fourth-order valence-electron chi connectivity index (χ4n) is 1.22. The average Bonchev–Trinajstić information content (AvgIpc) is 1.96. The molecule has 0 aliphatic heterocycles. The fourth-order valence-corrected chi connectivity index (χ4v) is 5.26. The lowest BCUT2D eigenvalue weighted by atomic mass is 9.87. The van der Waals surface area contributed by atoms with Crippen LogP contribution in [0.2, 0.25) is 0 Å². The van der Waals surface area contributed by atoms with Gasteiger partial charge in [0.1, 0.15) is 0 Å². The van der Waals surface area contributed by atoms with Crippen molar-refractivity contribution in [2.75, 3.05) is 12.5 Å². The predicted molar refractivity (Wildman–Crippen MR) is 62.2 cm³/mol. The molecular formula is C9H20O4S2. The number of rotatable bonds is 5. The van der Waals surface area contributed by atoms with Crippen molar-refractivity contribution in [1.29, 1.82) is 0 Å². The van der Waals surface area contributed by atoms with Gasteiger partial charge in [-0.2, -0.15) is 0 Å². The Kier molecular flexibility index (Phi) is 4.38. The molecule has 0 fully saturated rings. The smallest absolute Gasteiger partial charge is 0.164 e. The van der Waals surface area contributed by atoms with E-state index in [-0.39, 0.29) is 11.8 Å². The molecule has 0 radical (unpaired) electrons. The van der Waals surface area contributed by atoms with Gasteiger partial charge in [-0.15, -0.1) is 0 Å². The molecule has 0 rings (SSSR count). The van der Waals surface area contributed by atoms with Crippen LogP contribution in [0.3, 0.4) is 0 Å². The van der Waals surface area contributed by atoms with Gasteiger partial charge in [-0.3, -0.25) is 0 Å². The van der Waals surface area contributed by atoms with Crippen molar-refractivity contribution < 1.29 is 16.8 Å². The summed E-state index contributed by atoms with van der Waals surface area (Å²) in [5, 5.41) is 0. The standard InChI is InChI=1S/C9H20O4S2/c1-6-9(2,3)7-8(14(4,10)11)15(5,12)13/h8H,6-7H2,1-5H3. The Bertz CT molecular complexity index is 371. The van der Waals surface area contributed by atoms with Gasteiger partial charge in [0.2, 0.25) is 0 Å². The van der Waals surface area contributed by atoms with E-state index in [1.165, 1.54) is 0 Å². The van der Waals surface area contributed by atoms with Crippen molar-refractivity contribution in [3.8, 4) is 0 Å². The normalized spacial score (nSPS) is 14.5. The van der Waals surface area contributed by atoms with Crippen LogP contribution in [0.25, 0.3) is 0 Å². The molecule has 0 aromatic heterocycles. The van der Waals surface area contributed by atoms with Crippen molar-refractivity contribution >= 4 is 19.7 Å². The molecule has 0 amide bonds. The van der Waals surface area contributed by atoms with E-state index in [4.69, 9.17) is 0 Å². The van der Waals surface area contributed by atoms with Crippen molar-refractivity contribution in [2.24, 2.45) is 5.41 Å². The van der Waals surface area contributed by atoms with Gasteiger partial charge in [-0.25, -0.2) is 16.8 Å². The highest BCUT2D eigenvalue weighted by atomic mass is 32.3. The third-order valence-electron chi connectivity index (χ3n) is 2.63. The van der Waals surface area contributed by atoms with Crippen molar-refractivity contribution in [2.45, 2.75) is 38.2 Å². The summed E-state index contributed by atoms with van der Waals surface area (Å²) in [7, 11) is -7.11. The largest absolute Gasteiger partial charge is 0.228 e. The van der Waals surface area contributed by atoms with E-state index in [2.05, 4.69) is 0 Å². The summed E-state index contributed by atoms with van der Waals surface area (Å²) >= 11 is 0. The molecule has 0 saturated heterocycles. The molecule has 15 heavy (non-hydrogen) atoms. The van der Waals surface area contributed by atoms with Gasteiger partial charge >= 0.3 is 0 Å². The fraction of sp³-hybridized carbons (Fsp3) is 1.00. The highest BCUT2D eigenvalue weighted by Gasteiger charge is 2.35. The van der Waals surface area contributed by atoms with E-state index < -0.39 is 24.3 Å². The Hall–Kier alpha value is -0.100. The molecule has 0 atom stereocenters. The second-order valence-corrected chi connectivity index (χ2v) is 9.57. The second-order valence-electron chi connectivity index (χ2n) is 4.81. The molecule has 0 N–H and O–H groups in total. The van der Waals surface area contributed by atoms with Gasteiger partial charge < -0.3 is 0 Å². The van der Waals surface area contributed by atoms with Crippen molar-refractivity contribution in [3.63, 3.8) is 0 Å². The average molecular weight is 256 g/mol. The Morgan fingerprint density at radius 1 is 1.00 bits per heavy atom. The van der Waals surface area contributed by atoms with Crippen LogP contribution in [0.1, 0.15) is 33.6 Å². The summed E-state index contributed by atoms with van der Waals surface area (Å²) in [5.41, 5.74) is -0.281. The van der Waals surface area contributed by atoms with E-state index >= 15 is 0 Å². The van der Waals surface area contributed by atoms with Crippen LogP contribution in [0.5, 0.6) is 0 Å². The summed E-state index contributed by atoms with van der Waals surface area (Å²) in [6, 6.07) is 0. The van der Waals surface area contributed by atoms with Gasteiger partial charge in [0.25, 0.3) is 0 Å². The zero-order valence-electron chi connectivity index (χ0n) is 9.94. The first-order chi connectivity index (χ1) is 6.40. The third-order valence-corrected chi connectivity index (χ3v) is 6.97. The maximum atomic E-state index is 11.4. The van der Waals surface area contributed by atoms with Crippen LogP contribution in [0, 0.1) is 5.41 Å². The third kappa shape index (κ3) is 4.97. The molecule has 92 valence electrons. The van der Waals surface area contributed by atoms with E-state index in [0.29, 0.717) is 0 Å².